The molecule has 2 aliphatic rings. The number of rotatable bonds is 14. The largest absolute Gasteiger partial charge is 0.416 e. The minimum Gasteiger partial charge on any atom is -0.402 e. The van der Waals surface area contributed by atoms with Gasteiger partial charge in [0.05, 0.1) is 41.9 Å². The molecular weight excluding hydrogens is 822 g/mol. The Hall–Kier alpha value is -3.93. The third kappa shape index (κ3) is 11.4. The van der Waals surface area contributed by atoms with Gasteiger partial charge < -0.3 is 18.8 Å². The van der Waals surface area contributed by atoms with Crippen molar-refractivity contribution in [2.75, 3.05) is 80.2 Å². The number of ether oxygens (including phenoxy) is 2. The Kier molecular flexibility index (Phi) is 15.0. The van der Waals surface area contributed by atoms with Crippen LogP contribution in [0.3, 0.4) is 0 Å². The van der Waals surface area contributed by atoms with E-state index in [9.17, 15) is 21.6 Å². The third-order valence-corrected chi connectivity index (χ3v) is 15.9. The van der Waals surface area contributed by atoms with Gasteiger partial charge in [0.15, 0.2) is 0 Å². The van der Waals surface area contributed by atoms with Gasteiger partial charge in [-0.3, -0.25) is 14.6 Å². The number of alkyl halides is 3. The minimum atomic E-state index is -4.91. The Morgan fingerprint density at radius 2 is 1.49 bits per heavy atom. The number of carbonyl (C=O) groups is 1. The molecule has 0 bridgehead atoms. The van der Waals surface area contributed by atoms with Crippen molar-refractivity contribution >= 4 is 35.3 Å². The van der Waals surface area contributed by atoms with Crippen LogP contribution in [0.25, 0.3) is 0 Å². The van der Waals surface area contributed by atoms with Gasteiger partial charge in [-0.2, -0.15) is 13.2 Å². The van der Waals surface area contributed by atoms with Crippen molar-refractivity contribution in [2.24, 2.45) is 0 Å². The van der Waals surface area contributed by atoms with Crippen molar-refractivity contribution in [1.29, 1.82) is 0 Å². The first-order chi connectivity index (χ1) is 28.9. The smallest absolute Gasteiger partial charge is 0.402 e. The predicted molar refractivity (Wildman–Crippen MR) is 235 cm³/mol. The van der Waals surface area contributed by atoms with Gasteiger partial charge in [0.25, 0.3) is 5.91 Å². The van der Waals surface area contributed by atoms with Gasteiger partial charge in [0, 0.05) is 72.6 Å². The highest BCUT2D eigenvalue weighted by molar-refractivity contribution is 7.89. The van der Waals surface area contributed by atoms with Gasteiger partial charge in [-0.1, -0.05) is 99.6 Å². The lowest BCUT2D eigenvalue weighted by Gasteiger charge is -2.46. The second-order valence-corrected chi connectivity index (χ2v) is 21.7. The van der Waals surface area contributed by atoms with E-state index in [4.69, 9.17) is 13.9 Å². The summed E-state index contributed by atoms with van der Waals surface area (Å²) in [7, 11) is -2.71. The lowest BCUT2D eigenvalue weighted by molar-refractivity contribution is -0.137. The summed E-state index contributed by atoms with van der Waals surface area (Å²) in [6.07, 6.45) is -5.67. The van der Waals surface area contributed by atoms with Gasteiger partial charge in [-0.15, -0.1) is 0 Å². The van der Waals surface area contributed by atoms with Crippen LogP contribution in [0.1, 0.15) is 59.5 Å². The Balaban J connectivity index is 1.49. The van der Waals surface area contributed by atoms with Crippen LogP contribution in [0.2, 0.25) is 0 Å². The molecule has 0 radical (unpaired) electrons. The third-order valence-electron chi connectivity index (χ3n) is 11.6. The van der Waals surface area contributed by atoms with E-state index >= 15 is 4.79 Å². The molecule has 61 heavy (non-hydrogen) atoms. The molecule has 4 aromatic carbocycles. The summed E-state index contributed by atoms with van der Waals surface area (Å²) in [5.41, 5.74) is 1.25. The standard InChI is InChI=1S/C46H59F3N4O6SSi/c1-33-18-19-34(28-41(33)45(2,3)4)43(59-61(39-14-10-8-11-15-39)40-16-12-9-13-17-40)42-31-51(20-21-52-24-25-58-37(30-52)32-57-7)22-23-53(42)44(54)35-26-36(46(47,48)49)29-38(27-35)60(55,56)50(5)6/h8-19,26-29,37,42-43,61H,20-25,30-32H2,1-7H3/t37-,42+,43?/m0/s1. The number of hydrogen-bond acceptors (Lipinski definition) is 8. The van der Waals surface area contributed by atoms with E-state index < -0.39 is 53.8 Å². The number of sulfonamides is 1. The summed E-state index contributed by atoms with van der Waals surface area (Å²) in [4.78, 5) is 20.7. The van der Waals surface area contributed by atoms with Gasteiger partial charge in [0.1, 0.15) is 0 Å². The average Bonchev–Trinajstić information content (AvgIpc) is 3.23. The van der Waals surface area contributed by atoms with Crippen LogP contribution in [-0.2, 0) is 35.5 Å². The summed E-state index contributed by atoms with van der Waals surface area (Å²) < 4.78 is 89.8. The SMILES string of the molecule is COC[C@@H]1CN(CCN2CCN(C(=O)c3cc(C(F)(F)F)cc(S(=O)(=O)N(C)C)c3)[C@@H](C(O[SiH](c3ccccc3)c3ccccc3)c3ccc(C)c(C(C)(C)C)c3)C2)CCO1. The first kappa shape index (κ1) is 46.6. The number of nitrogens with zero attached hydrogens (tertiary/aromatic N) is 4. The molecule has 330 valence electrons. The fraction of sp³-hybridized carbons (Fsp3) is 0.457. The molecule has 2 aliphatic heterocycles. The molecule has 0 spiro atoms. The molecule has 6 rings (SSSR count). The van der Waals surface area contributed by atoms with E-state index in [1.165, 1.54) is 14.1 Å². The number of benzene rings is 4. The molecule has 3 atom stereocenters. The molecular formula is C46H59F3N4O6SSi. The molecule has 2 fully saturated rings. The number of morpholine rings is 1. The van der Waals surface area contributed by atoms with Gasteiger partial charge in [-0.25, -0.2) is 12.7 Å². The second kappa shape index (κ2) is 19.6. The number of aryl methyl sites for hydroxylation is 1. The first-order valence-electron chi connectivity index (χ1n) is 20.7. The van der Waals surface area contributed by atoms with Crippen LogP contribution in [-0.4, -0.2) is 135 Å². The monoisotopic (exact) mass is 880 g/mol. The van der Waals surface area contributed by atoms with Crippen molar-refractivity contribution in [2.45, 2.75) is 62.4 Å². The van der Waals surface area contributed by atoms with E-state index in [0.29, 0.717) is 38.9 Å². The summed E-state index contributed by atoms with van der Waals surface area (Å²) in [6, 6.07) is 28.1. The highest BCUT2D eigenvalue weighted by Gasteiger charge is 2.41. The molecule has 4 aromatic rings. The molecule has 10 nitrogen and oxygen atoms in total. The molecule has 1 amide bonds. The second-order valence-electron chi connectivity index (χ2n) is 17.2. The van der Waals surface area contributed by atoms with Crippen LogP contribution < -0.4 is 10.4 Å². The lowest BCUT2D eigenvalue weighted by atomic mass is 9.82. The first-order valence-corrected chi connectivity index (χ1v) is 23.8. The number of halogens is 3. The maximum absolute atomic E-state index is 15.0. The average molecular weight is 881 g/mol. The molecule has 15 heteroatoms. The summed E-state index contributed by atoms with van der Waals surface area (Å²) >= 11 is 0. The zero-order chi connectivity index (χ0) is 44.1. The maximum atomic E-state index is 15.0. The van der Waals surface area contributed by atoms with E-state index in [0.717, 1.165) is 63.1 Å². The zero-order valence-corrected chi connectivity index (χ0v) is 38.2. The van der Waals surface area contributed by atoms with Gasteiger partial charge >= 0.3 is 6.18 Å². The minimum absolute atomic E-state index is 0.0381. The van der Waals surface area contributed by atoms with E-state index in [2.05, 4.69) is 73.9 Å². The van der Waals surface area contributed by atoms with Crippen molar-refractivity contribution in [3.05, 3.63) is 125 Å². The number of carbonyl (C=O) groups excluding carboxylic acids is 1. The quantitative estimate of drug-likeness (QED) is 0.157. The van der Waals surface area contributed by atoms with Gasteiger partial charge in [-0.05, 0) is 57.6 Å². The van der Waals surface area contributed by atoms with Crippen LogP contribution in [0.4, 0.5) is 13.2 Å². The normalized spacial score (nSPS) is 19.1. The Morgan fingerprint density at radius 3 is 2.07 bits per heavy atom. The molecule has 0 aromatic heterocycles. The Morgan fingerprint density at radius 1 is 0.869 bits per heavy atom. The highest BCUT2D eigenvalue weighted by Crippen LogP contribution is 2.36. The molecule has 0 N–H and O–H groups in total. The highest BCUT2D eigenvalue weighted by atomic mass is 32.2. The number of hydrogen-bond donors (Lipinski definition) is 0. The molecule has 0 saturated carbocycles. The van der Waals surface area contributed by atoms with E-state index in [1.54, 1.807) is 12.0 Å². The summed E-state index contributed by atoms with van der Waals surface area (Å²) in [5, 5.41) is 2.06. The maximum Gasteiger partial charge on any atom is 0.416 e. The fourth-order valence-corrected chi connectivity index (χ4v) is 11.8. The van der Waals surface area contributed by atoms with Gasteiger partial charge in [0.2, 0.25) is 19.1 Å². The number of methoxy groups -OCH3 is 1. The molecule has 2 heterocycles. The molecule has 1 unspecified atom stereocenters. The number of amides is 1. The van der Waals surface area contributed by atoms with Crippen LogP contribution in [0.15, 0.2) is 102 Å². The van der Waals surface area contributed by atoms with Crippen molar-refractivity contribution in [3.63, 3.8) is 0 Å². The Bertz CT molecular complexity index is 2170. The van der Waals surface area contributed by atoms with Crippen molar-refractivity contribution in [1.82, 2.24) is 19.0 Å². The predicted octanol–water partition coefficient (Wildman–Crippen LogP) is 5.33. The fourth-order valence-electron chi connectivity index (χ4n) is 8.32. The van der Waals surface area contributed by atoms with Crippen LogP contribution in [0.5, 0.6) is 0 Å². The topological polar surface area (TPSA) is 91.9 Å². The van der Waals surface area contributed by atoms with Crippen molar-refractivity contribution in [3.8, 4) is 0 Å². The molecule has 0 aliphatic carbocycles. The molecule has 2 saturated heterocycles. The van der Waals surface area contributed by atoms with E-state index in [-0.39, 0.29) is 23.6 Å². The summed E-state index contributed by atoms with van der Waals surface area (Å²) in [5.74, 6) is -0.698. The Labute approximate surface area is 361 Å². The summed E-state index contributed by atoms with van der Waals surface area (Å²) in [6.45, 7) is 13.5. The van der Waals surface area contributed by atoms with Crippen LogP contribution >= 0.6 is 0 Å². The lowest BCUT2D eigenvalue weighted by Crippen LogP contribution is -2.60. The van der Waals surface area contributed by atoms with Crippen LogP contribution in [0, 0.1) is 6.92 Å². The van der Waals surface area contributed by atoms with E-state index in [1.807, 2.05) is 42.5 Å². The number of piperazine rings is 1. The zero-order valence-electron chi connectivity index (χ0n) is 36.2. The van der Waals surface area contributed by atoms with Crippen molar-refractivity contribution < 1.29 is 40.3 Å².